The van der Waals surface area contributed by atoms with Gasteiger partial charge in [-0.3, -0.25) is 4.79 Å². The fraction of sp³-hybridized carbons (Fsp3) is 0.938. The molecule has 0 N–H and O–H groups in total. The maximum absolute atomic E-state index is 10.5. The number of hydrogen-bond donors (Lipinski definition) is 0. The number of rotatable bonds is 13. The maximum atomic E-state index is 10.5. The molecule has 19 heavy (non-hydrogen) atoms. The van der Waals surface area contributed by atoms with Crippen molar-refractivity contribution >= 4 is 15.9 Å². The van der Waals surface area contributed by atoms with Gasteiger partial charge in [-0.05, 0) is 6.42 Å². The van der Waals surface area contributed by atoms with E-state index in [0.717, 1.165) is 6.42 Å². The molecule has 1 unspecified atom stereocenters. The van der Waals surface area contributed by atoms with E-state index in [-0.39, 0.29) is 15.9 Å². The summed E-state index contributed by atoms with van der Waals surface area (Å²) in [4.78, 5) is 10.5. The van der Waals surface area contributed by atoms with E-state index >= 15 is 0 Å². The van der Waals surface area contributed by atoms with Gasteiger partial charge in [0.1, 0.15) is 0 Å². The zero-order chi connectivity index (χ0) is 13.5. The lowest BCUT2D eigenvalue weighted by atomic mass is 10.1. The fourth-order valence-corrected chi connectivity index (χ4v) is 2.16. The number of hydrogen-bond acceptors (Lipinski definition) is 2. The number of unbranched alkanes of at least 4 members (excludes halogenated alkanes) is 11. The van der Waals surface area contributed by atoms with Crippen molar-refractivity contribution in [3.8, 4) is 0 Å². The Kier molecular flexibility index (Phi) is 20.0. The predicted octanol–water partition coefficient (Wildman–Crippen LogP) is 5.31. The van der Waals surface area contributed by atoms with Crippen molar-refractivity contribution < 1.29 is 9.53 Å². The van der Waals surface area contributed by atoms with Gasteiger partial charge in [-0.15, -0.1) is 0 Å². The molecule has 0 amide bonds. The largest absolute Gasteiger partial charge is 0.466 e. The molecule has 0 rings (SSSR count). The molecule has 1 atom stereocenters. The Hall–Kier alpha value is -0.100. The van der Waals surface area contributed by atoms with Crippen molar-refractivity contribution in [1.82, 2.24) is 0 Å². The zero-order valence-electron chi connectivity index (χ0n) is 13.2. The third-order valence-corrected chi connectivity index (χ3v) is 3.30. The molecule has 0 aliphatic carbocycles. The summed E-state index contributed by atoms with van der Waals surface area (Å²) in [7, 11) is 0. The Morgan fingerprint density at radius 2 is 1.11 bits per heavy atom. The summed E-state index contributed by atoms with van der Waals surface area (Å²) in [6.45, 7) is 4.34. The van der Waals surface area contributed by atoms with Crippen LogP contribution in [0, 0.1) is 0 Å². The van der Waals surface area contributed by atoms with E-state index in [1.807, 2.05) is 0 Å². The average molecular weight is 290 g/mol. The van der Waals surface area contributed by atoms with Crippen molar-refractivity contribution in [2.24, 2.45) is 0 Å². The van der Waals surface area contributed by atoms with Crippen molar-refractivity contribution in [1.29, 1.82) is 0 Å². The van der Waals surface area contributed by atoms with E-state index in [2.05, 4.69) is 6.92 Å². The van der Waals surface area contributed by atoms with Gasteiger partial charge in [0.05, 0.1) is 6.61 Å². The first-order valence-electron chi connectivity index (χ1n) is 7.90. The van der Waals surface area contributed by atoms with Crippen LogP contribution in [-0.2, 0) is 9.53 Å². The summed E-state index contributed by atoms with van der Waals surface area (Å²) in [6, 6.07) is 0. The smallest absolute Gasteiger partial charge is 0.302 e. The van der Waals surface area contributed by atoms with Crippen LogP contribution in [0.15, 0.2) is 0 Å². The van der Waals surface area contributed by atoms with E-state index in [0.29, 0.717) is 6.61 Å². The summed E-state index contributed by atoms with van der Waals surface area (Å²) in [5, 5.41) is 0. The van der Waals surface area contributed by atoms with Crippen molar-refractivity contribution in [3.63, 3.8) is 0 Å². The summed E-state index contributed by atoms with van der Waals surface area (Å²) in [5.41, 5.74) is 0. The van der Waals surface area contributed by atoms with Crippen molar-refractivity contribution in [2.45, 2.75) is 90.9 Å². The molecule has 0 aliphatic heterocycles. The average Bonchev–Trinajstić information content (AvgIpc) is 2.34. The van der Waals surface area contributed by atoms with E-state index in [9.17, 15) is 4.79 Å². The highest BCUT2D eigenvalue weighted by Crippen LogP contribution is 2.11. The molecule has 0 aromatic rings. The van der Waals surface area contributed by atoms with Gasteiger partial charge in [0, 0.05) is 6.92 Å². The molecule has 2 nitrogen and oxygen atoms in total. The Morgan fingerprint density at radius 1 is 0.737 bits per heavy atom. The second-order valence-corrected chi connectivity index (χ2v) is 5.23. The lowest BCUT2D eigenvalue weighted by molar-refractivity contribution is -0.141. The van der Waals surface area contributed by atoms with Crippen LogP contribution < -0.4 is 0 Å². The van der Waals surface area contributed by atoms with E-state index in [1.54, 1.807) is 0 Å². The molecule has 0 radical (unpaired) electrons. The highest BCUT2D eigenvalue weighted by molar-refractivity contribution is 6.92. The third kappa shape index (κ3) is 20.4. The van der Waals surface area contributed by atoms with Crippen LogP contribution in [0.4, 0.5) is 0 Å². The topological polar surface area (TPSA) is 26.3 Å². The van der Waals surface area contributed by atoms with Crippen LogP contribution in [0.5, 0.6) is 0 Å². The highest BCUT2D eigenvalue weighted by Gasteiger charge is 1.94. The normalized spacial score (nSPS) is 10.0. The van der Waals surface area contributed by atoms with Gasteiger partial charge < -0.3 is 4.74 Å². The van der Waals surface area contributed by atoms with Gasteiger partial charge >= 0.3 is 5.97 Å². The second kappa shape index (κ2) is 17.9. The van der Waals surface area contributed by atoms with Gasteiger partial charge in [-0.1, -0.05) is 77.6 Å². The third-order valence-electron chi connectivity index (χ3n) is 3.30. The Bertz CT molecular complexity index is 184. The van der Waals surface area contributed by atoms with Crippen molar-refractivity contribution in [3.05, 3.63) is 0 Å². The lowest BCUT2D eigenvalue weighted by Gasteiger charge is -2.03. The Labute approximate surface area is 123 Å². The minimum Gasteiger partial charge on any atom is -0.466 e. The zero-order valence-corrected chi connectivity index (χ0v) is 14.6. The minimum absolute atomic E-state index is 0. The van der Waals surface area contributed by atoms with Crippen LogP contribution in [-0.4, -0.2) is 12.6 Å². The first kappa shape index (κ1) is 21.2. The summed E-state index contributed by atoms with van der Waals surface area (Å²) in [6.07, 6.45) is 16.1. The lowest BCUT2D eigenvalue weighted by Crippen LogP contribution is -2.00. The SMILES string of the molecule is CCCCCCCCCCCCCCOC(C)=O.P. The molecule has 0 bridgehead atoms. The summed E-state index contributed by atoms with van der Waals surface area (Å²) < 4.78 is 4.89. The molecule has 116 valence electrons. The molecule has 3 heteroatoms. The van der Waals surface area contributed by atoms with Crippen LogP contribution in [0.25, 0.3) is 0 Å². The van der Waals surface area contributed by atoms with E-state index < -0.39 is 0 Å². The molecule has 0 aliphatic rings. The summed E-state index contributed by atoms with van der Waals surface area (Å²) in [5.74, 6) is -0.155. The molecule has 0 fully saturated rings. The quantitative estimate of drug-likeness (QED) is 0.261. The minimum atomic E-state index is -0.155. The molecule has 0 heterocycles. The van der Waals surface area contributed by atoms with Crippen molar-refractivity contribution in [2.75, 3.05) is 6.61 Å². The Balaban J connectivity index is 0. The van der Waals surface area contributed by atoms with Crippen LogP contribution in [0.1, 0.15) is 90.9 Å². The molecule has 0 aromatic heterocycles. The standard InChI is InChI=1S/C16H32O2.H3P/c1-3-4-5-6-7-8-9-10-11-12-13-14-15-18-16(2)17;/h3-15H2,1-2H3;1H3. The molecular formula is C16H35O2P. The van der Waals surface area contributed by atoms with Crippen LogP contribution in [0.3, 0.4) is 0 Å². The van der Waals surface area contributed by atoms with Gasteiger partial charge in [-0.2, -0.15) is 9.90 Å². The van der Waals surface area contributed by atoms with Crippen LogP contribution >= 0.6 is 9.90 Å². The molecule has 0 saturated carbocycles. The molecule has 0 saturated heterocycles. The number of ether oxygens (including phenoxy) is 1. The number of esters is 1. The molecule has 0 spiro atoms. The van der Waals surface area contributed by atoms with Gasteiger partial charge in [0.2, 0.25) is 0 Å². The fourth-order valence-electron chi connectivity index (χ4n) is 2.16. The first-order valence-corrected chi connectivity index (χ1v) is 7.90. The highest BCUT2D eigenvalue weighted by atomic mass is 31.0. The Morgan fingerprint density at radius 3 is 1.47 bits per heavy atom. The van der Waals surface area contributed by atoms with Gasteiger partial charge in [0.25, 0.3) is 0 Å². The number of carbonyl (C=O) groups excluding carboxylic acids is 1. The monoisotopic (exact) mass is 290 g/mol. The van der Waals surface area contributed by atoms with E-state index in [4.69, 9.17) is 4.74 Å². The first-order chi connectivity index (χ1) is 8.77. The van der Waals surface area contributed by atoms with Crippen LogP contribution in [0.2, 0.25) is 0 Å². The van der Waals surface area contributed by atoms with Gasteiger partial charge in [0.15, 0.2) is 0 Å². The molecular weight excluding hydrogens is 255 g/mol. The second-order valence-electron chi connectivity index (χ2n) is 5.23. The number of carbonyl (C=O) groups is 1. The maximum Gasteiger partial charge on any atom is 0.302 e. The van der Waals surface area contributed by atoms with E-state index in [1.165, 1.54) is 77.6 Å². The summed E-state index contributed by atoms with van der Waals surface area (Å²) >= 11 is 0. The molecule has 0 aromatic carbocycles. The van der Waals surface area contributed by atoms with Gasteiger partial charge in [-0.25, -0.2) is 0 Å². The predicted molar refractivity (Wildman–Crippen MR) is 88.8 cm³/mol.